The summed E-state index contributed by atoms with van der Waals surface area (Å²) >= 11 is 3.65. The zero-order chi connectivity index (χ0) is 18.1. The predicted octanol–water partition coefficient (Wildman–Crippen LogP) is 3.65. The maximum absolute atomic E-state index is 12.8. The van der Waals surface area contributed by atoms with Crippen LogP contribution < -0.4 is 9.47 Å². The quantitative estimate of drug-likeness (QED) is 0.745. The highest BCUT2D eigenvalue weighted by atomic mass is 79.9. The molecule has 0 aromatic heterocycles. The third kappa shape index (κ3) is 3.86. The number of fused-ring (bicyclic) bond motifs is 1. The predicted molar refractivity (Wildman–Crippen MR) is 103 cm³/mol. The summed E-state index contributed by atoms with van der Waals surface area (Å²) in [6.07, 6.45) is 4.24. The Morgan fingerprint density at radius 2 is 1.73 bits per heavy atom. The van der Waals surface area contributed by atoms with Gasteiger partial charge in [0.05, 0.1) is 0 Å². The minimum atomic E-state index is 0.208. The molecule has 0 radical (unpaired) electrons. The van der Waals surface area contributed by atoms with Crippen molar-refractivity contribution in [1.82, 2.24) is 9.80 Å². The highest BCUT2D eigenvalue weighted by Crippen LogP contribution is 2.37. The highest BCUT2D eigenvalue weighted by molar-refractivity contribution is 9.10. The molecule has 0 spiro atoms. The molecule has 2 fully saturated rings. The minimum Gasteiger partial charge on any atom is -0.454 e. The molecule has 1 aromatic rings. The number of benzene rings is 1. The van der Waals surface area contributed by atoms with Crippen molar-refractivity contribution in [1.29, 1.82) is 0 Å². The molecule has 3 aliphatic heterocycles. The Labute approximate surface area is 163 Å². The lowest BCUT2D eigenvalue weighted by atomic mass is 9.92. The number of hydrogen-bond donors (Lipinski definition) is 0. The summed E-state index contributed by atoms with van der Waals surface area (Å²) in [5.74, 6) is 3.00. The number of piperidine rings is 2. The molecule has 1 amide bonds. The maximum atomic E-state index is 12.8. The van der Waals surface area contributed by atoms with Crippen LogP contribution in [0.1, 0.15) is 38.2 Å². The van der Waals surface area contributed by atoms with Gasteiger partial charge in [0.1, 0.15) is 0 Å². The normalized spacial score (nSPS) is 22.0. The number of carbonyl (C=O) groups excluding carboxylic acids is 1. The Morgan fingerprint density at radius 3 is 2.42 bits per heavy atom. The molecule has 3 aliphatic rings. The molecule has 0 unspecified atom stereocenters. The molecule has 0 N–H and O–H groups in total. The number of ether oxygens (including phenoxy) is 2. The summed E-state index contributed by atoms with van der Waals surface area (Å²) in [6, 6.07) is 4.06. The topological polar surface area (TPSA) is 42.0 Å². The number of nitrogens with zero attached hydrogens (tertiary/aromatic N) is 2. The van der Waals surface area contributed by atoms with Crippen molar-refractivity contribution < 1.29 is 14.3 Å². The number of halogens is 1. The zero-order valence-corrected chi connectivity index (χ0v) is 17.0. The molecule has 5 nitrogen and oxygen atoms in total. The first-order valence-corrected chi connectivity index (χ1v) is 10.5. The minimum absolute atomic E-state index is 0.208. The van der Waals surface area contributed by atoms with Gasteiger partial charge >= 0.3 is 0 Å². The van der Waals surface area contributed by atoms with Crippen molar-refractivity contribution in [3.63, 3.8) is 0 Å². The van der Waals surface area contributed by atoms with Crippen LogP contribution in [-0.4, -0.2) is 48.7 Å². The van der Waals surface area contributed by atoms with E-state index in [9.17, 15) is 4.79 Å². The van der Waals surface area contributed by atoms with Crippen molar-refractivity contribution in [2.45, 2.75) is 39.2 Å². The molecular formula is C20H27BrN2O3. The average molecular weight is 423 g/mol. The van der Waals surface area contributed by atoms with Crippen LogP contribution in [0.15, 0.2) is 16.6 Å². The van der Waals surface area contributed by atoms with E-state index in [0.717, 1.165) is 80.3 Å². The molecule has 142 valence electrons. The summed E-state index contributed by atoms with van der Waals surface area (Å²) in [6.45, 7) is 7.31. The van der Waals surface area contributed by atoms with Crippen molar-refractivity contribution >= 4 is 21.8 Å². The van der Waals surface area contributed by atoms with Crippen molar-refractivity contribution in [3.05, 3.63) is 22.2 Å². The number of likely N-dealkylation sites (tertiary alicyclic amines) is 2. The van der Waals surface area contributed by atoms with Crippen LogP contribution in [0, 0.1) is 11.8 Å². The van der Waals surface area contributed by atoms with Gasteiger partial charge in [-0.1, -0.05) is 22.9 Å². The zero-order valence-electron chi connectivity index (χ0n) is 15.4. The van der Waals surface area contributed by atoms with Crippen molar-refractivity contribution in [2.75, 3.05) is 33.0 Å². The molecule has 1 aromatic carbocycles. The van der Waals surface area contributed by atoms with Gasteiger partial charge in [-0.05, 0) is 62.4 Å². The monoisotopic (exact) mass is 422 g/mol. The van der Waals surface area contributed by atoms with E-state index < -0.39 is 0 Å². The second kappa shape index (κ2) is 7.77. The molecule has 0 aliphatic carbocycles. The lowest BCUT2D eigenvalue weighted by molar-refractivity contribution is -0.138. The second-order valence-electron chi connectivity index (χ2n) is 7.86. The fourth-order valence-electron chi connectivity index (χ4n) is 4.15. The third-order valence-electron chi connectivity index (χ3n) is 5.97. The van der Waals surface area contributed by atoms with Crippen LogP contribution in [-0.2, 0) is 11.3 Å². The Kier molecular flexibility index (Phi) is 5.41. The van der Waals surface area contributed by atoms with Crippen LogP contribution in [0.25, 0.3) is 0 Å². The maximum Gasteiger partial charge on any atom is 0.231 e. The summed E-state index contributed by atoms with van der Waals surface area (Å²) in [5.41, 5.74) is 1.21. The summed E-state index contributed by atoms with van der Waals surface area (Å²) in [5, 5.41) is 0. The lowest BCUT2D eigenvalue weighted by Gasteiger charge is -2.36. The number of carbonyl (C=O) groups is 1. The van der Waals surface area contributed by atoms with Gasteiger partial charge in [0, 0.05) is 30.0 Å². The summed E-state index contributed by atoms with van der Waals surface area (Å²) < 4.78 is 12.0. The first-order chi connectivity index (χ1) is 12.6. The average Bonchev–Trinajstić information content (AvgIpc) is 3.10. The van der Waals surface area contributed by atoms with Gasteiger partial charge in [0.15, 0.2) is 11.5 Å². The Morgan fingerprint density at radius 1 is 1.08 bits per heavy atom. The second-order valence-corrected chi connectivity index (χ2v) is 8.71. The molecule has 0 saturated carbocycles. The van der Waals surface area contributed by atoms with E-state index in [1.165, 1.54) is 5.56 Å². The van der Waals surface area contributed by atoms with Gasteiger partial charge in [-0.25, -0.2) is 0 Å². The molecular weight excluding hydrogens is 396 g/mol. The Balaban J connectivity index is 1.31. The highest BCUT2D eigenvalue weighted by Gasteiger charge is 2.30. The smallest absolute Gasteiger partial charge is 0.231 e. The first-order valence-electron chi connectivity index (χ1n) is 9.69. The SMILES string of the molecule is CC1CCN(C(=O)C2CCN(Cc3cc4c(cc3Br)OCO4)CC2)CC1. The first kappa shape index (κ1) is 18.1. The molecule has 0 bridgehead atoms. The molecule has 2 saturated heterocycles. The molecule has 6 heteroatoms. The van der Waals surface area contributed by atoms with E-state index in [4.69, 9.17) is 9.47 Å². The number of hydrogen-bond acceptors (Lipinski definition) is 4. The Hall–Kier alpha value is -1.27. The van der Waals surface area contributed by atoms with E-state index in [1.807, 2.05) is 6.07 Å². The van der Waals surface area contributed by atoms with Gasteiger partial charge in [-0.2, -0.15) is 0 Å². The standard InChI is InChI=1S/C20H27BrN2O3/c1-14-2-8-23(9-3-14)20(24)15-4-6-22(7-5-15)12-16-10-18-19(11-17(16)21)26-13-25-18/h10-11,14-15H,2-9,12-13H2,1H3. The van der Waals surface area contributed by atoms with E-state index in [0.29, 0.717) is 12.7 Å². The van der Waals surface area contributed by atoms with E-state index in [-0.39, 0.29) is 5.92 Å². The van der Waals surface area contributed by atoms with Gasteiger partial charge in [0.2, 0.25) is 12.7 Å². The number of amides is 1. The van der Waals surface area contributed by atoms with Crippen LogP contribution >= 0.6 is 15.9 Å². The van der Waals surface area contributed by atoms with Crippen LogP contribution in [0.3, 0.4) is 0 Å². The fraction of sp³-hybridized carbons (Fsp3) is 0.650. The Bertz CT molecular complexity index is 665. The summed E-state index contributed by atoms with van der Waals surface area (Å²) in [4.78, 5) is 17.3. The van der Waals surface area contributed by atoms with Gasteiger partial charge in [-0.15, -0.1) is 0 Å². The largest absolute Gasteiger partial charge is 0.454 e. The lowest BCUT2D eigenvalue weighted by Crippen LogP contribution is -2.45. The molecule has 0 atom stereocenters. The third-order valence-corrected chi connectivity index (χ3v) is 6.71. The van der Waals surface area contributed by atoms with E-state index in [1.54, 1.807) is 0 Å². The van der Waals surface area contributed by atoms with Crippen LogP contribution in [0.5, 0.6) is 11.5 Å². The van der Waals surface area contributed by atoms with Crippen LogP contribution in [0.4, 0.5) is 0 Å². The van der Waals surface area contributed by atoms with Gasteiger partial charge in [-0.3, -0.25) is 9.69 Å². The fourth-order valence-corrected chi connectivity index (χ4v) is 4.59. The number of rotatable bonds is 3. The van der Waals surface area contributed by atoms with Gasteiger partial charge < -0.3 is 14.4 Å². The molecule has 3 heterocycles. The summed E-state index contributed by atoms with van der Waals surface area (Å²) in [7, 11) is 0. The molecule has 26 heavy (non-hydrogen) atoms. The van der Waals surface area contributed by atoms with Crippen molar-refractivity contribution in [2.24, 2.45) is 11.8 Å². The van der Waals surface area contributed by atoms with Crippen molar-refractivity contribution in [3.8, 4) is 11.5 Å². The van der Waals surface area contributed by atoms with E-state index in [2.05, 4.69) is 38.7 Å². The molecule has 4 rings (SSSR count). The van der Waals surface area contributed by atoms with E-state index >= 15 is 0 Å². The van der Waals surface area contributed by atoms with Gasteiger partial charge in [0.25, 0.3) is 0 Å². The van der Waals surface area contributed by atoms with Crippen LogP contribution in [0.2, 0.25) is 0 Å².